The second kappa shape index (κ2) is 6.70. The molecule has 6 nitrogen and oxygen atoms in total. The van der Waals surface area contributed by atoms with E-state index in [0.717, 1.165) is 0 Å². The molecule has 0 amide bonds. The number of carbonyl (C=O) groups is 1. The van der Waals surface area contributed by atoms with Crippen LogP contribution in [0.25, 0.3) is 0 Å². The number of methoxy groups -OCH3 is 3. The van der Waals surface area contributed by atoms with Gasteiger partial charge in [0.25, 0.3) is 0 Å². The largest absolute Gasteiger partial charge is 0.496 e. The van der Waals surface area contributed by atoms with Crippen molar-refractivity contribution in [1.29, 1.82) is 0 Å². The Morgan fingerprint density at radius 1 is 1.11 bits per heavy atom. The topological polar surface area (TPSA) is 74.2 Å². The average Bonchev–Trinajstić information content (AvgIpc) is 2.37. The molecule has 0 radical (unpaired) electrons. The summed E-state index contributed by atoms with van der Waals surface area (Å²) in [6, 6.07) is 4.82. The van der Waals surface area contributed by atoms with E-state index in [2.05, 4.69) is 0 Å². The molecule has 0 heterocycles. The van der Waals surface area contributed by atoms with Gasteiger partial charge in [-0.2, -0.15) is 0 Å². The van der Waals surface area contributed by atoms with Crippen molar-refractivity contribution >= 4 is 5.97 Å². The van der Waals surface area contributed by atoms with E-state index >= 15 is 0 Å². The molecule has 1 aromatic carbocycles. The summed E-state index contributed by atoms with van der Waals surface area (Å²) in [5, 5.41) is 8.95. The van der Waals surface area contributed by atoms with Gasteiger partial charge < -0.3 is 24.1 Å². The molecule has 1 rings (SSSR count). The Balaban J connectivity index is 2.90. The number of hydrogen-bond acceptors (Lipinski definition) is 5. The van der Waals surface area contributed by atoms with Crippen LogP contribution in [0.15, 0.2) is 18.2 Å². The van der Waals surface area contributed by atoms with E-state index in [9.17, 15) is 4.79 Å². The first-order chi connectivity index (χ1) is 8.60. The van der Waals surface area contributed by atoms with Crippen LogP contribution < -0.4 is 14.2 Å². The van der Waals surface area contributed by atoms with Gasteiger partial charge in [0.1, 0.15) is 17.2 Å². The Kier molecular flexibility index (Phi) is 5.26. The molecule has 1 unspecified atom stereocenters. The van der Waals surface area contributed by atoms with Crippen molar-refractivity contribution in [2.75, 3.05) is 27.9 Å². The summed E-state index contributed by atoms with van der Waals surface area (Å²) in [5.41, 5.74) is 0. The average molecular weight is 256 g/mol. The summed E-state index contributed by atoms with van der Waals surface area (Å²) in [7, 11) is 4.41. The second-order valence-corrected chi connectivity index (χ2v) is 3.45. The minimum Gasteiger partial charge on any atom is -0.496 e. The molecule has 0 spiro atoms. The molecule has 1 aromatic rings. The number of hydrogen-bond donors (Lipinski definition) is 1. The maximum absolute atomic E-state index is 10.9. The molecule has 0 aromatic heterocycles. The molecule has 0 aliphatic heterocycles. The lowest BCUT2D eigenvalue weighted by Crippen LogP contribution is -2.31. The van der Waals surface area contributed by atoms with Crippen LogP contribution in [0.3, 0.4) is 0 Å². The summed E-state index contributed by atoms with van der Waals surface area (Å²) in [4.78, 5) is 10.9. The minimum atomic E-state index is -1.10. The normalized spacial score (nSPS) is 11.7. The Bertz CT molecular complexity index is 381. The van der Waals surface area contributed by atoms with Crippen LogP contribution in [-0.2, 0) is 9.53 Å². The van der Waals surface area contributed by atoms with E-state index in [4.69, 9.17) is 24.1 Å². The van der Waals surface area contributed by atoms with Crippen LogP contribution in [0, 0.1) is 0 Å². The van der Waals surface area contributed by atoms with Gasteiger partial charge in [0.05, 0.1) is 20.8 Å². The molecule has 0 aliphatic rings. The van der Waals surface area contributed by atoms with Gasteiger partial charge in [-0.05, 0) is 0 Å². The van der Waals surface area contributed by atoms with Gasteiger partial charge in [-0.3, -0.25) is 0 Å². The summed E-state index contributed by atoms with van der Waals surface area (Å²) in [6.45, 7) is -0.0468. The number of carboxylic acid groups (broad SMARTS) is 1. The van der Waals surface area contributed by atoms with Crippen molar-refractivity contribution in [3.63, 3.8) is 0 Å². The summed E-state index contributed by atoms with van der Waals surface area (Å²) < 4.78 is 20.2. The number of aliphatic carboxylic acids is 1. The molecular formula is C12H16O6. The maximum atomic E-state index is 10.9. The predicted octanol–water partition coefficient (Wildman–Crippen LogP) is 1.18. The first kappa shape index (κ1) is 14.1. The third-order valence-corrected chi connectivity index (χ3v) is 2.20. The highest BCUT2D eigenvalue weighted by Gasteiger charge is 2.19. The van der Waals surface area contributed by atoms with Crippen molar-refractivity contribution < 1.29 is 28.8 Å². The monoisotopic (exact) mass is 256 g/mol. The van der Waals surface area contributed by atoms with Crippen LogP contribution in [0.5, 0.6) is 17.2 Å². The van der Waals surface area contributed by atoms with Crippen LogP contribution in [0.1, 0.15) is 0 Å². The van der Waals surface area contributed by atoms with Gasteiger partial charge in [-0.1, -0.05) is 0 Å². The second-order valence-electron chi connectivity index (χ2n) is 3.45. The molecule has 6 heteroatoms. The quantitative estimate of drug-likeness (QED) is 0.789. The standard InChI is InChI=1S/C12H16O6/c1-15-7-11(12(13)14)18-10-5-8(16-2)4-9(6-10)17-3/h4-6,11H,7H2,1-3H3,(H,13,14). The number of ether oxygens (including phenoxy) is 4. The Morgan fingerprint density at radius 3 is 2.00 bits per heavy atom. The van der Waals surface area contributed by atoms with E-state index in [0.29, 0.717) is 17.2 Å². The van der Waals surface area contributed by atoms with E-state index < -0.39 is 12.1 Å². The highest BCUT2D eigenvalue weighted by molar-refractivity contribution is 5.73. The van der Waals surface area contributed by atoms with Gasteiger partial charge in [-0.25, -0.2) is 4.79 Å². The molecule has 0 fully saturated rings. The zero-order valence-corrected chi connectivity index (χ0v) is 10.5. The molecule has 1 N–H and O–H groups in total. The predicted molar refractivity (Wildman–Crippen MR) is 63.5 cm³/mol. The van der Waals surface area contributed by atoms with Crippen LogP contribution in [0.2, 0.25) is 0 Å². The van der Waals surface area contributed by atoms with Gasteiger partial charge in [0, 0.05) is 25.3 Å². The van der Waals surface area contributed by atoms with Gasteiger partial charge in [0.2, 0.25) is 6.10 Å². The van der Waals surface area contributed by atoms with E-state index in [1.165, 1.54) is 21.3 Å². The van der Waals surface area contributed by atoms with Crippen molar-refractivity contribution in [3.05, 3.63) is 18.2 Å². The minimum absolute atomic E-state index is 0.0468. The van der Waals surface area contributed by atoms with Crippen LogP contribution in [-0.4, -0.2) is 45.1 Å². The number of rotatable bonds is 7. The smallest absolute Gasteiger partial charge is 0.347 e. The molecular weight excluding hydrogens is 240 g/mol. The van der Waals surface area contributed by atoms with E-state index in [-0.39, 0.29) is 6.61 Å². The fourth-order valence-corrected chi connectivity index (χ4v) is 1.32. The van der Waals surface area contributed by atoms with Crippen molar-refractivity contribution in [1.82, 2.24) is 0 Å². The van der Waals surface area contributed by atoms with Crippen LogP contribution >= 0.6 is 0 Å². The fourth-order valence-electron chi connectivity index (χ4n) is 1.32. The highest BCUT2D eigenvalue weighted by atomic mass is 16.5. The Hall–Kier alpha value is -1.95. The van der Waals surface area contributed by atoms with Gasteiger partial charge >= 0.3 is 5.97 Å². The summed E-state index contributed by atoms with van der Waals surface area (Å²) in [5.74, 6) is 0.283. The first-order valence-electron chi connectivity index (χ1n) is 5.22. The molecule has 100 valence electrons. The molecule has 0 saturated carbocycles. The SMILES string of the molecule is COCC(Oc1cc(OC)cc(OC)c1)C(=O)O. The van der Waals surface area contributed by atoms with Crippen molar-refractivity contribution in [3.8, 4) is 17.2 Å². The zero-order chi connectivity index (χ0) is 13.5. The lowest BCUT2D eigenvalue weighted by molar-refractivity contribution is -0.147. The van der Waals surface area contributed by atoms with Crippen LogP contribution in [0.4, 0.5) is 0 Å². The molecule has 18 heavy (non-hydrogen) atoms. The number of carboxylic acids is 1. The number of benzene rings is 1. The molecule has 0 bridgehead atoms. The first-order valence-corrected chi connectivity index (χ1v) is 5.22. The van der Waals surface area contributed by atoms with Crippen molar-refractivity contribution in [2.45, 2.75) is 6.10 Å². The van der Waals surface area contributed by atoms with Gasteiger partial charge in [0.15, 0.2) is 0 Å². The molecule has 0 saturated heterocycles. The zero-order valence-electron chi connectivity index (χ0n) is 10.5. The summed E-state index contributed by atoms with van der Waals surface area (Å²) >= 11 is 0. The third kappa shape index (κ3) is 3.81. The Morgan fingerprint density at radius 2 is 1.61 bits per heavy atom. The summed E-state index contributed by atoms with van der Waals surface area (Å²) in [6.07, 6.45) is -1.08. The van der Waals surface area contributed by atoms with E-state index in [1.807, 2.05) is 0 Å². The lowest BCUT2D eigenvalue weighted by atomic mass is 10.3. The maximum Gasteiger partial charge on any atom is 0.347 e. The molecule has 0 aliphatic carbocycles. The Labute approximate surface area is 105 Å². The van der Waals surface area contributed by atoms with Crippen molar-refractivity contribution in [2.24, 2.45) is 0 Å². The van der Waals surface area contributed by atoms with E-state index in [1.54, 1.807) is 18.2 Å². The lowest BCUT2D eigenvalue weighted by Gasteiger charge is -2.15. The highest BCUT2D eigenvalue weighted by Crippen LogP contribution is 2.28. The van der Waals surface area contributed by atoms with Gasteiger partial charge in [-0.15, -0.1) is 0 Å². The fraction of sp³-hybridized carbons (Fsp3) is 0.417. The third-order valence-electron chi connectivity index (χ3n) is 2.20. The molecule has 1 atom stereocenters.